The number of carbonyl (C=O) groups is 3. The second kappa shape index (κ2) is 6.19. The molecule has 0 aromatic heterocycles. The lowest BCUT2D eigenvalue weighted by molar-refractivity contribution is -0.139. The Labute approximate surface area is 151 Å². The van der Waals surface area contributed by atoms with E-state index >= 15 is 0 Å². The molecule has 0 spiro atoms. The first-order valence-electron chi connectivity index (χ1n) is 8.81. The summed E-state index contributed by atoms with van der Waals surface area (Å²) >= 11 is 0. The van der Waals surface area contributed by atoms with Gasteiger partial charge < -0.3 is 19.7 Å². The average molecular weight is 359 g/mol. The highest BCUT2D eigenvalue weighted by atomic mass is 16.7. The third-order valence-corrected chi connectivity index (χ3v) is 5.23. The molecule has 1 N–H and O–H groups in total. The van der Waals surface area contributed by atoms with E-state index < -0.39 is 17.5 Å². The van der Waals surface area contributed by atoms with Crippen molar-refractivity contribution >= 4 is 17.8 Å². The molecule has 1 aromatic carbocycles. The van der Waals surface area contributed by atoms with Crippen LogP contribution in [0.1, 0.15) is 31.7 Å². The topological polar surface area (TPSA) is 88.2 Å². The number of nitrogens with one attached hydrogen (secondary N) is 1. The number of piperidine rings is 1. The number of hydrogen-bond donors (Lipinski definition) is 1. The van der Waals surface area contributed by atoms with Gasteiger partial charge in [-0.25, -0.2) is 4.79 Å². The number of rotatable bonds is 3. The minimum absolute atomic E-state index is 0.131. The minimum Gasteiger partial charge on any atom is -0.454 e. The zero-order valence-electron chi connectivity index (χ0n) is 14.6. The lowest BCUT2D eigenvalue weighted by atomic mass is 9.91. The molecule has 1 aromatic rings. The lowest BCUT2D eigenvalue weighted by Crippen LogP contribution is -2.45. The molecule has 138 valence electrons. The molecule has 0 unspecified atom stereocenters. The Bertz CT molecular complexity index is 774. The van der Waals surface area contributed by atoms with Gasteiger partial charge in [-0.3, -0.25) is 14.5 Å². The quantitative estimate of drug-likeness (QED) is 0.819. The van der Waals surface area contributed by atoms with E-state index in [-0.39, 0.29) is 19.2 Å². The summed E-state index contributed by atoms with van der Waals surface area (Å²) in [6.07, 6.45) is 3.02. The van der Waals surface area contributed by atoms with E-state index in [0.717, 1.165) is 24.2 Å². The highest BCUT2D eigenvalue weighted by Crippen LogP contribution is 2.37. The Kier molecular flexibility index (Phi) is 3.97. The fourth-order valence-electron chi connectivity index (χ4n) is 3.62. The van der Waals surface area contributed by atoms with Crippen molar-refractivity contribution < 1.29 is 23.9 Å². The predicted molar refractivity (Wildman–Crippen MR) is 90.6 cm³/mol. The van der Waals surface area contributed by atoms with E-state index in [1.54, 1.807) is 30.0 Å². The van der Waals surface area contributed by atoms with Crippen LogP contribution in [0.15, 0.2) is 18.2 Å². The molecule has 3 aliphatic heterocycles. The first-order valence-corrected chi connectivity index (χ1v) is 8.81. The number of nitrogens with zero attached hydrogens (tertiary/aromatic N) is 2. The van der Waals surface area contributed by atoms with Gasteiger partial charge in [0.1, 0.15) is 12.1 Å². The van der Waals surface area contributed by atoms with Gasteiger partial charge in [0.25, 0.3) is 5.91 Å². The fourth-order valence-corrected chi connectivity index (χ4v) is 3.62. The van der Waals surface area contributed by atoms with E-state index in [9.17, 15) is 14.4 Å². The Morgan fingerprint density at radius 3 is 2.65 bits per heavy atom. The highest BCUT2D eigenvalue weighted by Gasteiger charge is 2.50. The van der Waals surface area contributed by atoms with Gasteiger partial charge in [0.05, 0.1) is 0 Å². The van der Waals surface area contributed by atoms with Crippen molar-refractivity contribution in [2.75, 3.05) is 26.4 Å². The highest BCUT2D eigenvalue weighted by molar-refractivity contribution is 6.09. The standard InChI is InChI=1S/C18H21N3O5/c1-18(12-5-6-13-14(9-12)26-11-25-13)16(23)21(17(24)19-18)10-15(22)20-7-3-2-4-8-20/h5-6,9H,2-4,7-8,10-11H2,1H3,(H,19,24)/t18-/m0/s1. The number of likely N-dealkylation sites (tertiary alicyclic amines) is 1. The van der Waals surface area contributed by atoms with Crippen LogP contribution in [0.3, 0.4) is 0 Å². The third-order valence-electron chi connectivity index (χ3n) is 5.23. The summed E-state index contributed by atoms with van der Waals surface area (Å²) in [7, 11) is 0. The van der Waals surface area contributed by atoms with Gasteiger partial charge in [0, 0.05) is 13.1 Å². The number of urea groups is 1. The summed E-state index contributed by atoms with van der Waals surface area (Å²) in [5.74, 6) is 0.509. The van der Waals surface area contributed by atoms with Crippen LogP contribution in [-0.2, 0) is 15.1 Å². The third kappa shape index (κ3) is 2.65. The molecule has 0 bridgehead atoms. The summed E-state index contributed by atoms with van der Waals surface area (Å²) in [5, 5.41) is 2.72. The molecule has 3 heterocycles. The first-order chi connectivity index (χ1) is 12.5. The Balaban J connectivity index is 1.53. The number of hydrogen-bond acceptors (Lipinski definition) is 5. The van der Waals surface area contributed by atoms with Crippen molar-refractivity contribution in [1.29, 1.82) is 0 Å². The molecule has 2 saturated heterocycles. The van der Waals surface area contributed by atoms with Crippen LogP contribution < -0.4 is 14.8 Å². The average Bonchev–Trinajstić information content (AvgIpc) is 3.21. The van der Waals surface area contributed by atoms with Crippen LogP contribution in [0.5, 0.6) is 11.5 Å². The van der Waals surface area contributed by atoms with E-state index in [1.165, 1.54) is 0 Å². The molecule has 1 atom stereocenters. The van der Waals surface area contributed by atoms with Crippen LogP contribution in [0.4, 0.5) is 4.79 Å². The van der Waals surface area contributed by atoms with Crippen LogP contribution in [0.25, 0.3) is 0 Å². The smallest absolute Gasteiger partial charge is 0.325 e. The summed E-state index contributed by atoms with van der Waals surface area (Å²) in [4.78, 5) is 40.5. The number of carbonyl (C=O) groups excluding carboxylic acids is 3. The van der Waals surface area contributed by atoms with Crippen LogP contribution >= 0.6 is 0 Å². The molecule has 4 amide bonds. The lowest BCUT2D eigenvalue weighted by Gasteiger charge is -2.28. The summed E-state index contributed by atoms with van der Waals surface area (Å²) in [5.41, 5.74) is -0.645. The minimum atomic E-state index is -1.24. The molecule has 26 heavy (non-hydrogen) atoms. The van der Waals surface area contributed by atoms with Crippen molar-refractivity contribution in [3.8, 4) is 11.5 Å². The van der Waals surface area contributed by atoms with Crippen molar-refractivity contribution in [3.63, 3.8) is 0 Å². The summed E-state index contributed by atoms with van der Waals surface area (Å²) in [6, 6.07) is 4.57. The SMILES string of the molecule is C[C@@]1(c2ccc3c(c2)OCO3)NC(=O)N(CC(=O)N2CCCCC2)C1=O. The van der Waals surface area contributed by atoms with Crippen molar-refractivity contribution in [3.05, 3.63) is 23.8 Å². The van der Waals surface area contributed by atoms with E-state index in [2.05, 4.69) is 5.32 Å². The molecule has 8 heteroatoms. The van der Waals surface area contributed by atoms with Gasteiger partial charge in [-0.05, 0) is 43.9 Å². The zero-order chi connectivity index (χ0) is 18.3. The molecule has 8 nitrogen and oxygen atoms in total. The second-order valence-electron chi connectivity index (χ2n) is 6.96. The van der Waals surface area contributed by atoms with Crippen molar-refractivity contribution in [2.45, 2.75) is 31.7 Å². The van der Waals surface area contributed by atoms with Gasteiger partial charge >= 0.3 is 6.03 Å². The normalized spacial score (nSPS) is 24.8. The summed E-state index contributed by atoms with van der Waals surface area (Å²) < 4.78 is 10.6. The Morgan fingerprint density at radius 2 is 1.88 bits per heavy atom. The molecule has 0 aliphatic carbocycles. The molecule has 0 saturated carbocycles. The molecule has 2 fully saturated rings. The predicted octanol–water partition coefficient (Wildman–Crippen LogP) is 1.19. The maximum Gasteiger partial charge on any atom is 0.325 e. The molecular weight excluding hydrogens is 338 g/mol. The van der Waals surface area contributed by atoms with Gasteiger partial charge in [-0.2, -0.15) is 0 Å². The molecule has 0 radical (unpaired) electrons. The number of ether oxygens (including phenoxy) is 2. The number of fused-ring (bicyclic) bond motifs is 1. The molecule has 3 aliphatic rings. The second-order valence-corrected chi connectivity index (χ2v) is 6.96. The van der Waals surface area contributed by atoms with Crippen LogP contribution in [0, 0.1) is 0 Å². The fraction of sp³-hybridized carbons (Fsp3) is 0.500. The maximum absolute atomic E-state index is 13.0. The Morgan fingerprint density at radius 1 is 1.15 bits per heavy atom. The van der Waals surface area contributed by atoms with Crippen molar-refractivity contribution in [1.82, 2.24) is 15.1 Å². The monoisotopic (exact) mass is 359 g/mol. The van der Waals surface area contributed by atoms with E-state index in [0.29, 0.717) is 30.2 Å². The Hall–Kier alpha value is -2.77. The number of benzene rings is 1. The number of imide groups is 1. The van der Waals surface area contributed by atoms with Gasteiger partial charge in [0.15, 0.2) is 11.5 Å². The van der Waals surface area contributed by atoms with E-state index in [1.807, 2.05) is 0 Å². The largest absolute Gasteiger partial charge is 0.454 e. The van der Waals surface area contributed by atoms with E-state index in [4.69, 9.17) is 9.47 Å². The molecule has 4 rings (SSSR count). The van der Waals surface area contributed by atoms with Crippen LogP contribution in [0.2, 0.25) is 0 Å². The van der Waals surface area contributed by atoms with Crippen molar-refractivity contribution in [2.24, 2.45) is 0 Å². The molecular formula is C18H21N3O5. The van der Waals surface area contributed by atoms with Gasteiger partial charge in [-0.15, -0.1) is 0 Å². The maximum atomic E-state index is 13.0. The van der Waals surface area contributed by atoms with Crippen LogP contribution in [-0.4, -0.2) is 54.1 Å². The zero-order valence-corrected chi connectivity index (χ0v) is 14.6. The van der Waals surface area contributed by atoms with Gasteiger partial charge in [-0.1, -0.05) is 6.07 Å². The first kappa shape index (κ1) is 16.7. The van der Waals surface area contributed by atoms with Gasteiger partial charge in [0.2, 0.25) is 12.7 Å². The summed E-state index contributed by atoms with van der Waals surface area (Å²) in [6.45, 7) is 2.90. The number of amides is 4.